The summed E-state index contributed by atoms with van der Waals surface area (Å²) in [5.41, 5.74) is 3.75. The van der Waals surface area contributed by atoms with E-state index in [0.717, 1.165) is 22.5 Å². The fourth-order valence-electron chi connectivity index (χ4n) is 2.67. The molecule has 0 amide bonds. The van der Waals surface area contributed by atoms with Crippen LogP contribution in [0.15, 0.2) is 34.9 Å². The van der Waals surface area contributed by atoms with Gasteiger partial charge in [-0.3, -0.25) is 0 Å². The molecule has 2 atom stereocenters. The van der Waals surface area contributed by atoms with Crippen LogP contribution in [0.3, 0.4) is 0 Å². The van der Waals surface area contributed by atoms with E-state index in [4.69, 9.17) is 16.3 Å². The number of ether oxygens (including phenoxy) is 1. The Balaban J connectivity index is 2.01. The van der Waals surface area contributed by atoms with Crippen molar-refractivity contribution in [3.05, 3.63) is 40.4 Å². The number of hydrazone groups is 1. The first kappa shape index (κ1) is 13.2. The normalized spacial score (nSPS) is 25.0. The molecular formula is C15H15ClN2O2. The third kappa shape index (κ3) is 2.00. The van der Waals surface area contributed by atoms with E-state index in [1.807, 2.05) is 39.0 Å². The minimum Gasteiger partial charge on any atom is -0.435 e. The SMILES string of the molecule is CC1=CC(=O)O[C@H]2[C@@H]1C(C)=NN2c1ccc(C)c(Cl)c1. The van der Waals surface area contributed by atoms with Gasteiger partial charge < -0.3 is 4.74 Å². The Hall–Kier alpha value is -1.81. The molecule has 0 saturated carbocycles. The van der Waals surface area contributed by atoms with E-state index in [1.165, 1.54) is 6.08 Å². The number of aryl methyl sites for hydroxylation is 1. The largest absolute Gasteiger partial charge is 0.435 e. The van der Waals surface area contributed by atoms with Crippen LogP contribution in [0.1, 0.15) is 19.4 Å². The van der Waals surface area contributed by atoms with Gasteiger partial charge in [0.2, 0.25) is 6.23 Å². The zero-order chi connectivity index (χ0) is 14.4. The molecule has 20 heavy (non-hydrogen) atoms. The maximum Gasteiger partial charge on any atom is 0.332 e. The summed E-state index contributed by atoms with van der Waals surface area (Å²) in [5.74, 6) is -0.301. The van der Waals surface area contributed by atoms with E-state index >= 15 is 0 Å². The van der Waals surface area contributed by atoms with Crippen LogP contribution < -0.4 is 5.01 Å². The lowest BCUT2D eigenvalue weighted by Crippen LogP contribution is -2.40. The van der Waals surface area contributed by atoms with Gasteiger partial charge in [0.15, 0.2) is 0 Å². The number of hydrogen-bond donors (Lipinski definition) is 0. The van der Waals surface area contributed by atoms with Crippen molar-refractivity contribution < 1.29 is 9.53 Å². The molecule has 0 spiro atoms. The molecule has 1 aromatic carbocycles. The van der Waals surface area contributed by atoms with Crippen molar-refractivity contribution in [3.8, 4) is 0 Å². The first-order valence-corrected chi connectivity index (χ1v) is 6.84. The van der Waals surface area contributed by atoms with Crippen LogP contribution in [0, 0.1) is 12.8 Å². The minimum atomic E-state index is -0.411. The number of esters is 1. The second kappa shape index (κ2) is 4.63. The average Bonchev–Trinajstić information content (AvgIpc) is 2.70. The van der Waals surface area contributed by atoms with Crippen LogP contribution >= 0.6 is 11.6 Å². The molecule has 2 aliphatic rings. The molecule has 0 unspecified atom stereocenters. The van der Waals surface area contributed by atoms with Gasteiger partial charge in [-0.1, -0.05) is 23.2 Å². The minimum absolute atomic E-state index is 0.0211. The molecule has 0 fully saturated rings. The Bertz CT molecular complexity index is 651. The second-order valence-electron chi connectivity index (χ2n) is 5.21. The maximum atomic E-state index is 11.6. The lowest BCUT2D eigenvalue weighted by atomic mass is 9.93. The number of carbonyl (C=O) groups is 1. The first-order valence-electron chi connectivity index (χ1n) is 6.46. The highest BCUT2D eigenvalue weighted by Crippen LogP contribution is 2.36. The first-order chi connectivity index (χ1) is 9.47. The highest BCUT2D eigenvalue weighted by Gasteiger charge is 2.42. The molecule has 0 bridgehead atoms. The molecule has 0 saturated heterocycles. The topological polar surface area (TPSA) is 41.9 Å². The number of halogens is 1. The molecule has 104 valence electrons. The van der Waals surface area contributed by atoms with Crippen LogP contribution in [0.5, 0.6) is 0 Å². The number of fused-ring (bicyclic) bond motifs is 1. The van der Waals surface area contributed by atoms with Gasteiger partial charge in [-0.15, -0.1) is 0 Å². The number of rotatable bonds is 1. The summed E-state index contributed by atoms with van der Waals surface area (Å²) >= 11 is 6.17. The van der Waals surface area contributed by atoms with Gasteiger partial charge in [-0.2, -0.15) is 5.10 Å². The van der Waals surface area contributed by atoms with E-state index in [9.17, 15) is 4.79 Å². The summed E-state index contributed by atoms with van der Waals surface area (Å²) in [6, 6.07) is 5.71. The van der Waals surface area contributed by atoms with Gasteiger partial charge in [0.1, 0.15) is 0 Å². The number of nitrogens with zero attached hydrogens (tertiary/aromatic N) is 2. The monoisotopic (exact) mass is 290 g/mol. The van der Waals surface area contributed by atoms with Gasteiger partial charge in [0.05, 0.1) is 11.6 Å². The summed E-state index contributed by atoms with van der Waals surface area (Å²) in [4.78, 5) is 11.6. The molecule has 0 N–H and O–H groups in total. The number of benzene rings is 1. The molecule has 0 aliphatic carbocycles. The van der Waals surface area contributed by atoms with E-state index < -0.39 is 6.23 Å². The Morgan fingerprint density at radius 1 is 1.30 bits per heavy atom. The van der Waals surface area contributed by atoms with Crippen LogP contribution in [0.25, 0.3) is 0 Å². The van der Waals surface area contributed by atoms with E-state index in [1.54, 1.807) is 5.01 Å². The molecule has 4 nitrogen and oxygen atoms in total. The molecular weight excluding hydrogens is 276 g/mol. The zero-order valence-corrected chi connectivity index (χ0v) is 12.3. The molecule has 2 heterocycles. The third-order valence-corrected chi connectivity index (χ3v) is 4.14. The fourth-order valence-corrected chi connectivity index (χ4v) is 2.84. The molecule has 1 aromatic rings. The summed E-state index contributed by atoms with van der Waals surface area (Å²) in [6.45, 7) is 5.83. The van der Waals surface area contributed by atoms with Gasteiger partial charge in [-0.25, -0.2) is 9.80 Å². The second-order valence-corrected chi connectivity index (χ2v) is 5.62. The Kier molecular flexibility index (Phi) is 3.05. The lowest BCUT2D eigenvalue weighted by molar-refractivity contribution is -0.145. The van der Waals surface area contributed by atoms with Crippen molar-refractivity contribution in [2.45, 2.75) is 27.0 Å². The summed E-state index contributed by atoms with van der Waals surface area (Å²) in [6.07, 6.45) is 1.12. The van der Waals surface area contributed by atoms with Crippen LogP contribution in [0.4, 0.5) is 5.69 Å². The predicted octanol–water partition coefficient (Wildman–Crippen LogP) is 3.29. The quantitative estimate of drug-likeness (QED) is 0.745. The molecule has 0 radical (unpaired) electrons. The van der Waals surface area contributed by atoms with Crippen molar-refractivity contribution in [2.24, 2.45) is 11.0 Å². The van der Waals surface area contributed by atoms with Crippen LogP contribution in [0.2, 0.25) is 5.02 Å². The van der Waals surface area contributed by atoms with Gasteiger partial charge in [0.25, 0.3) is 0 Å². The van der Waals surface area contributed by atoms with E-state index in [-0.39, 0.29) is 11.9 Å². The van der Waals surface area contributed by atoms with E-state index in [2.05, 4.69) is 5.10 Å². The standard InChI is InChI=1S/C15H15ClN2O2/c1-8-4-5-11(7-12(8)16)18-15-14(10(3)17-18)9(2)6-13(19)20-15/h4-7,14-15H,1-3H3/t14-,15-/m0/s1. The highest BCUT2D eigenvalue weighted by molar-refractivity contribution is 6.31. The van der Waals surface area contributed by atoms with Crippen molar-refractivity contribution >= 4 is 29.0 Å². The van der Waals surface area contributed by atoms with Crippen LogP contribution in [-0.4, -0.2) is 17.9 Å². The van der Waals surface area contributed by atoms with Crippen molar-refractivity contribution in [1.82, 2.24) is 0 Å². The summed E-state index contributed by atoms with van der Waals surface area (Å²) in [5, 5.41) is 6.94. The molecule has 2 aliphatic heterocycles. The van der Waals surface area contributed by atoms with Gasteiger partial charge in [-0.05, 0) is 38.5 Å². The lowest BCUT2D eigenvalue weighted by Gasteiger charge is -2.30. The predicted molar refractivity (Wildman–Crippen MR) is 78.9 cm³/mol. The Labute approximate surface area is 122 Å². The smallest absolute Gasteiger partial charge is 0.332 e. The Morgan fingerprint density at radius 2 is 2.05 bits per heavy atom. The number of anilines is 1. The van der Waals surface area contributed by atoms with Crippen molar-refractivity contribution in [2.75, 3.05) is 5.01 Å². The van der Waals surface area contributed by atoms with Crippen LogP contribution in [-0.2, 0) is 9.53 Å². The maximum absolute atomic E-state index is 11.6. The summed E-state index contributed by atoms with van der Waals surface area (Å²) < 4.78 is 5.44. The number of hydrogen-bond acceptors (Lipinski definition) is 4. The van der Waals surface area contributed by atoms with Gasteiger partial charge in [0, 0.05) is 16.8 Å². The van der Waals surface area contributed by atoms with Crippen molar-refractivity contribution in [1.29, 1.82) is 0 Å². The van der Waals surface area contributed by atoms with Gasteiger partial charge >= 0.3 is 5.97 Å². The zero-order valence-electron chi connectivity index (χ0n) is 11.6. The summed E-state index contributed by atoms with van der Waals surface area (Å²) in [7, 11) is 0. The third-order valence-electron chi connectivity index (χ3n) is 3.73. The molecule has 5 heteroatoms. The van der Waals surface area contributed by atoms with E-state index in [0.29, 0.717) is 5.02 Å². The van der Waals surface area contributed by atoms with Crippen molar-refractivity contribution in [3.63, 3.8) is 0 Å². The average molecular weight is 291 g/mol. The fraction of sp³-hybridized carbons (Fsp3) is 0.333. The number of carbonyl (C=O) groups excluding carboxylic acids is 1. The Morgan fingerprint density at radius 3 is 2.75 bits per heavy atom. The molecule has 3 rings (SSSR count). The highest BCUT2D eigenvalue weighted by atomic mass is 35.5. The molecule has 0 aromatic heterocycles.